The van der Waals surface area contributed by atoms with Crippen LogP contribution in [0.3, 0.4) is 0 Å². The van der Waals surface area contributed by atoms with Crippen molar-refractivity contribution in [1.82, 2.24) is 0 Å². The molecule has 9 heteroatoms. The maximum atomic E-state index is 12.6. The van der Waals surface area contributed by atoms with E-state index in [9.17, 15) is 9.90 Å². The van der Waals surface area contributed by atoms with Gasteiger partial charge in [0.15, 0.2) is 34.5 Å². The molecular weight excluding hydrogens is 542 g/mol. The molecule has 8 nitrogen and oxygen atoms in total. The van der Waals surface area contributed by atoms with Crippen molar-refractivity contribution >= 4 is 45.8 Å². The number of carbonyl (C=O) groups is 1. The third kappa shape index (κ3) is 6.62. The van der Waals surface area contributed by atoms with Crippen LogP contribution in [-0.4, -0.2) is 52.7 Å². The van der Waals surface area contributed by atoms with Gasteiger partial charge < -0.3 is 28.8 Å². The van der Waals surface area contributed by atoms with Gasteiger partial charge in [-0.15, -0.1) is 0 Å². The zero-order valence-corrected chi connectivity index (χ0v) is 22.8. The summed E-state index contributed by atoms with van der Waals surface area (Å²) >= 11 is 3.53. The van der Waals surface area contributed by atoms with E-state index in [1.807, 2.05) is 36.4 Å². The molecule has 0 bridgehead atoms. The van der Waals surface area contributed by atoms with Crippen LogP contribution in [0.1, 0.15) is 27.9 Å². The number of hydrogen-bond acceptors (Lipinski definition) is 8. The third-order valence-electron chi connectivity index (χ3n) is 5.41. The summed E-state index contributed by atoms with van der Waals surface area (Å²) in [6, 6.07) is 12.0. The van der Waals surface area contributed by atoms with Crippen molar-refractivity contribution in [2.45, 2.75) is 6.42 Å². The Morgan fingerprint density at radius 1 is 0.811 bits per heavy atom. The van der Waals surface area contributed by atoms with E-state index in [1.165, 1.54) is 19.4 Å². The number of ketones is 1. The SMILES string of the molecule is COc1ccc(C(=O)CC=Nc2cc(/C=C\c3cc(OC)c(OC)c(OC)c3)cc(Br)c2OC)cc1O. The number of methoxy groups -OCH3 is 5. The van der Waals surface area contributed by atoms with Crippen molar-refractivity contribution in [1.29, 1.82) is 0 Å². The molecule has 0 aromatic heterocycles. The van der Waals surface area contributed by atoms with E-state index in [0.29, 0.717) is 44.5 Å². The molecule has 3 rings (SSSR count). The van der Waals surface area contributed by atoms with Gasteiger partial charge in [0.2, 0.25) is 5.75 Å². The number of aliphatic imine (C=N–C) groups is 1. The van der Waals surface area contributed by atoms with Gasteiger partial charge in [0, 0.05) is 18.2 Å². The fourth-order valence-corrected chi connectivity index (χ4v) is 4.22. The first-order valence-electron chi connectivity index (χ1n) is 11.1. The number of nitrogens with zero attached hydrogens (tertiary/aromatic N) is 1. The van der Waals surface area contributed by atoms with Gasteiger partial charge in [-0.25, -0.2) is 0 Å². The molecule has 0 atom stereocenters. The summed E-state index contributed by atoms with van der Waals surface area (Å²) in [6.07, 6.45) is 5.37. The average Bonchev–Trinajstić information content (AvgIpc) is 2.90. The van der Waals surface area contributed by atoms with Crippen molar-refractivity contribution in [2.24, 2.45) is 4.99 Å². The largest absolute Gasteiger partial charge is 0.504 e. The van der Waals surface area contributed by atoms with Gasteiger partial charge >= 0.3 is 0 Å². The Morgan fingerprint density at radius 2 is 1.41 bits per heavy atom. The van der Waals surface area contributed by atoms with E-state index in [2.05, 4.69) is 20.9 Å². The first-order valence-corrected chi connectivity index (χ1v) is 11.9. The summed E-state index contributed by atoms with van der Waals surface area (Å²) in [6.45, 7) is 0. The fourth-order valence-electron chi connectivity index (χ4n) is 3.59. The lowest BCUT2D eigenvalue weighted by atomic mass is 10.1. The molecule has 194 valence electrons. The average molecular weight is 570 g/mol. The number of ether oxygens (including phenoxy) is 5. The molecule has 0 aliphatic rings. The smallest absolute Gasteiger partial charge is 0.203 e. The van der Waals surface area contributed by atoms with Gasteiger partial charge in [-0.1, -0.05) is 12.2 Å². The first-order chi connectivity index (χ1) is 17.8. The predicted molar refractivity (Wildman–Crippen MR) is 147 cm³/mol. The molecule has 3 aromatic rings. The number of halogens is 1. The van der Waals surface area contributed by atoms with E-state index < -0.39 is 0 Å². The summed E-state index contributed by atoms with van der Waals surface area (Å²) in [4.78, 5) is 17.0. The second-order valence-corrected chi connectivity index (χ2v) is 8.53. The number of phenols is 1. The highest BCUT2D eigenvalue weighted by molar-refractivity contribution is 9.10. The van der Waals surface area contributed by atoms with E-state index in [-0.39, 0.29) is 18.0 Å². The minimum absolute atomic E-state index is 0.0397. The van der Waals surface area contributed by atoms with E-state index in [0.717, 1.165) is 11.1 Å². The molecule has 1 N–H and O–H groups in total. The van der Waals surface area contributed by atoms with Gasteiger partial charge in [0.05, 0.1) is 40.0 Å². The van der Waals surface area contributed by atoms with E-state index in [4.69, 9.17) is 23.7 Å². The molecule has 0 fully saturated rings. The predicted octanol–water partition coefficient (Wildman–Crippen LogP) is 6.34. The zero-order valence-electron chi connectivity index (χ0n) is 21.2. The Labute approximate surface area is 224 Å². The molecule has 3 aromatic carbocycles. The lowest BCUT2D eigenvalue weighted by Gasteiger charge is -2.13. The highest BCUT2D eigenvalue weighted by Crippen LogP contribution is 2.40. The zero-order chi connectivity index (χ0) is 26.9. The minimum Gasteiger partial charge on any atom is -0.504 e. The van der Waals surface area contributed by atoms with Crippen LogP contribution in [0.4, 0.5) is 5.69 Å². The number of benzene rings is 3. The summed E-state index contributed by atoms with van der Waals surface area (Å²) in [5.74, 6) is 2.17. The summed E-state index contributed by atoms with van der Waals surface area (Å²) < 4.78 is 27.5. The summed E-state index contributed by atoms with van der Waals surface area (Å²) in [7, 11) is 7.69. The van der Waals surface area contributed by atoms with E-state index in [1.54, 1.807) is 40.6 Å². The molecular formula is C28H28BrNO7. The van der Waals surface area contributed by atoms with Gasteiger partial charge in [-0.3, -0.25) is 9.79 Å². The number of rotatable bonds is 11. The molecule has 0 spiro atoms. The highest BCUT2D eigenvalue weighted by Gasteiger charge is 2.13. The molecule has 0 saturated carbocycles. The lowest BCUT2D eigenvalue weighted by Crippen LogP contribution is -1.99. The quantitative estimate of drug-likeness (QED) is 0.163. The maximum Gasteiger partial charge on any atom is 0.203 e. The van der Waals surface area contributed by atoms with Crippen molar-refractivity contribution < 1.29 is 33.6 Å². The van der Waals surface area contributed by atoms with Gasteiger partial charge in [0.1, 0.15) is 5.69 Å². The second kappa shape index (κ2) is 12.8. The Kier molecular flexibility index (Phi) is 9.57. The highest BCUT2D eigenvalue weighted by atomic mass is 79.9. The summed E-state index contributed by atoms with van der Waals surface area (Å²) in [5.41, 5.74) is 2.60. The molecule has 0 radical (unpaired) electrons. The summed E-state index contributed by atoms with van der Waals surface area (Å²) in [5, 5.41) is 9.93. The van der Waals surface area contributed by atoms with Crippen LogP contribution in [0.5, 0.6) is 34.5 Å². The van der Waals surface area contributed by atoms with Crippen molar-refractivity contribution in [3.05, 3.63) is 63.6 Å². The Bertz CT molecular complexity index is 1310. The Balaban J connectivity index is 1.84. The molecule has 0 saturated heterocycles. The minimum atomic E-state index is -0.196. The fraction of sp³-hybridized carbons (Fsp3) is 0.214. The van der Waals surface area contributed by atoms with Crippen LogP contribution in [0.15, 0.2) is 51.9 Å². The normalized spacial score (nSPS) is 11.1. The number of carbonyl (C=O) groups excluding carboxylic acids is 1. The lowest BCUT2D eigenvalue weighted by molar-refractivity contribution is 0.100. The molecule has 0 unspecified atom stereocenters. The molecule has 0 heterocycles. The van der Waals surface area contributed by atoms with Gasteiger partial charge in [0.25, 0.3) is 0 Å². The third-order valence-corrected chi connectivity index (χ3v) is 6.00. The topological polar surface area (TPSA) is 95.8 Å². The van der Waals surface area contributed by atoms with Crippen LogP contribution < -0.4 is 23.7 Å². The van der Waals surface area contributed by atoms with Crippen molar-refractivity contribution in [3.8, 4) is 34.5 Å². The van der Waals surface area contributed by atoms with Crippen LogP contribution in [-0.2, 0) is 0 Å². The van der Waals surface area contributed by atoms with Crippen molar-refractivity contribution in [2.75, 3.05) is 35.5 Å². The number of hydrogen-bond donors (Lipinski definition) is 1. The number of phenolic OH excluding ortho intramolecular Hbond substituents is 1. The molecule has 0 aliphatic heterocycles. The van der Waals surface area contributed by atoms with Gasteiger partial charge in [-0.2, -0.15) is 0 Å². The Morgan fingerprint density at radius 3 is 1.95 bits per heavy atom. The van der Waals surface area contributed by atoms with Crippen LogP contribution in [0.2, 0.25) is 0 Å². The van der Waals surface area contributed by atoms with E-state index >= 15 is 0 Å². The van der Waals surface area contributed by atoms with Crippen molar-refractivity contribution in [3.63, 3.8) is 0 Å². The van der Waals surface area contributed by atoms with Crippen LogP contribution >= 0.6 is 15.9 Å². The Hall–Kier alpha value is -3.98. The number of Topliss-reactive ketones (excluding diaryl/α,β-unsaturated/α-hetero) is 1. The molecule has 0 amide bonds. The molecule has 37 heavy (non-hydrogen) atoms. The standard InChI is InChI=1S/C28H28BrNO7/c1-33-24-9-8-19(16-23(24)32)22(31)10-11-30-21-13-17(12-20(29)27(21)36-4)6-7-18-14-25(34-2)28(37-5)26(15-18)35-3/h6-9,11-16,32H,10H2,1-5H3/b7-6-,30-11?. The van der Waals surface area contributed by atoms with Crippen LogP contribution in [0, 0.1) is 0 Å². The number of aromatic hydroxyl groups is 1. The van der Waals surface area contributed by atoms with Gasteiger partial charge in [-0.05, 0) is 69.5 Å². The monoisotopic (exact) mass is 569 g/mol. The molecule has 0 aliphatic carbocycles. The first kappa shape index (κ1) is 27.6. The maximum absolute atomic E-state index is 12.6. The van der Waals surface area contributed by atoms with Crippen LogP contribution in [0.25, 0.3) is 12.2 Å². The second-order valence-electron chi connectivity index (χ2n) is 7.67.